The largest absolute Gasteiger partial charge is 0.339 e. The second-order valence-electron chi connectivity index (χ2n) is 9.10. The average molecular weight is 419 g/mol. The first-order valence-corrected chi connectivity index (χ1v) is 11.2. The molecule has 1 aromatic carbocycles. The second-order valence-corrected chi connectivity index (χ2v) is 9.10. The number of hydrazone groups is 1. The number of fused-ring (bicyclic) bond motifs is 1. The van der Waals surface area contributed by atoms with Crippen LogP contribution in [0.25, 0.3) is 0 Å². The van der Waals surface area contributed by atoms with Crippen molar-refractivity contribution >= 4 is 18.1 Å². The Morgan fingerprint density at radius 1 is 1.10 bits per heavy atom. The minimum absolute atomic E-state index is 0.0759. The number of aryl methyl sites for hydroxylation is 3. The summed E-state index contributed by atoms with van der Waals surface area (Å²) in [7, 11) is 0. The van der Waals surface area contributed by atoms with Crippen molar-refractivity contribution in [3.63, 3.8) is 0 Å². The fourth-order valence-corrected chi connectivity index (χ4v) is 5.13. The van der Waals surface area contributed by atoms with E-state index in [9.17, 15) is 4.79 Å². The smallest absolute Gasteiger partial charge is 0.254 e. The third kappa shape index (κ3) is 3.36. The van der Waals surface area contributed by atoms with E-state index in [2.05, 4.69) is 40.2 Å². The van der Waals surface area contributed by atoms with Crippen LogP contribution in [0.2, 0.25) is 0 Å². The van der Waals surface area contributed by atoms with Crippen LogP contribution in [0, 0.1) is 33.6 Å². The SMILES string of the molecule is Cc1cccc(C(=O)N2C[C@H]3CCN(c4nc(C)c(C)c(C)n4)C[C@H]32)c1C1CC=NN1. The van der Waals surface area contributed by atoms with E-state index in [-0.39, 0.29) is 18.0 Å². The molecule has 1 N–H and O–H groups in total. The zero-order chi connectivity index (χ0) is 21.7. The Labute approximate surface area is 183 Å². The van der Waals surface area contributed by atoms with Gasteiger partial charge in [0.05, 0.1) is 12.1 Å². The molecule has 3 aliphatic rings. The van der Waals surface area contributed by atoms with Gasteiger partial charge >= 0.3 is 0 Å². The van der Waals surface area contributed by atoms with Gasteiger partial charge < -0.3 is 15.2 Å². The first-order chi connectivity index (χ1) is 14.9. The minimum atomic E-state index is 0.0759. The van der Waals surface area contributed by atoms with Gasteiger partial charge in [-0.1, -0.05) is 12.1 Å². The molecule has 31 heavy (non-hydrogen) atoms. The molecule has 1 aromatic heterocycles. The molecule has 162 valence electrons. The van der Waals surface area contributed by atoms with E-state index >= 15 is 0 Å². The molecule has 1 amide bonds. The Balaban J connectivity index is 1.38. The highest BCUT2D eigenvalue weighted by Gasteiger charge is 2.46. The lowest BCUT2D eigenvalue weighted by Crippen LogP contribution is -2.66. The second kappa shape index (κ2) is 7.62. The summed E-state index contributed by atoms with van der Waals surface area (Å²) in [6, 6.07) is 6.32. The van der Waals surface area contributed by atoms with Crippen molar-refractivity contribution in [1.82, 2.24) is 20.3 Å². The van der Waals surface area contributed by atoms with Crippen molar-refractivity contribution < 1.29 is 4.79 Å². The Hall–Kier alpha value is -2.96. The zero-order valence-electron chi connectivity index (χ0n) is 18.7. The van der Waals surface area contributed by atoms with Gasteiger partial charge in [-0.3, -0.25) is 4.79 Å². The van der Waals surface area contributed by atoms with Crippen LogP contribution in [0.5, 0.6) is 0 Å². The zero-order valence-corrected chi connectivity index (χ0v) is 18.7. The number of carbonyl (C=O) groups is 1. The van der Waals surface area contributed by atoms with Gasteiger partial charge in [0.15, 0.2) is 0 Å². The number of rotatable bonds is 3. The van der Waals surface area contributed by atoms with Gasteiger partial charge in [-0.25, -0.2) is 9.97 Å². The molecule has 7 nitrogen and oxygen atoms in total. The molecule has 0 saturated carbocycles. The predicted octanol–water partition coefficient (Wildman–Crippen LogP) is 3.08. The van der Waals surface area contributed by atoms with Crippen molar-refractivity contribution in [3.05, 3.63) is 51.8 Å². The van der Waals surface area contributed by atoms with Crippen molar-refractivity contribution in [1.29, 1.82) is 0 Å². The molecule has 0 aliphatic carbocycles. The van der Waals surface area contributed by atoms with E-state index in [0.29, 0.717) is 5.92 Å². The van der Waals surface area contributed by atoms with Crippen molar-refractivity contribution in [3.8, 4) is 0 Å². The summed E-state index contributed by atoms with van der Waals surface area (Å²) >= 11 is 0. The molecular weight excluding hydrogens is 388 g/mol. The fraction of sp³-hybridized carbons (Fsp3) is 0.500. The summed E-state index contributed by atoms with van der Waals surface area (Å²) in [5.41, 5.74) is 9.38. The quantitative estimate of drug-likeness (QED) is 0.829. The lowest BCUT2D eigenvalue weighted by atomic mass is 9.81. The Morgan fingerprint density at radius 2 is 1.87 bits per heavy atom. The molecule has 3 atom stereocenters. The van der Waals surface area contributed by atoms with Gasteiger partial charge in [0.2, 0.25) is 5.95 Å². The molecular formula is C24H30N6O. The van der Waals surface area contributed by atoms with Crippen LogP contribution in [0.15, 0.2) is 23.3 Å². The van der Waals surface area contributed by atoms with Gasteiger partial charge in [0.25, 0.3) is 5.91 Å². The maximum absolute atomic E-state index is 13.6. The molecule has 7 heteroatoms. The van der Waals surface area contributed by atoms with Gasteiger partial charge in [-0.15, -0.1) is 0 Å². The number of carbonyl (C=O) groups excluding carboxylic acids is 1. The van der Waals surface area contributed by atoms with Crippen LogP contribution in [-0.4, -0.2) is 52.7 Å². The summed E-state index contributed by atoms with van der Waals surface area (Å²) in [5.74, 6) is 1.49. The summed E-state index contributed by atoms with van der Waals surface area (Å²) in [6.45, 7) is 10.8. The van der Waals surface area contributed by atoms with Crippen LogP contribution in [-0.2, 0) is 0 Å². The van der Waals surface area contributed by atoms with Crippen LogP contribution in [0.4, 0.5) is 5.95 Å². The number of hydrogen-bond donors (Lipinski definition) is 1. The van der Waals surface area contributed by atoms with Gasteiger partial charge in [0, 0.05) is 55.1 Å². The van der Waals surface area contributed by atoms with Gasteiger partial charge in [-0.05, 0) is 56.9 Å². The average Bonchev–Trinajstić information content (AvgIpc) is 3.26. The number of aromatic nitrogens is 2. The maximum Gasteiger partial charge on any atom is 0.254 e. The van der Waals surface area contributed by atoms with Crippen LogP contribution < -0.4 is 10.3 Å². The van der Waals surface area contributed by atoms with Gasteiger partial charge in [0.1, 0.15) is 0 Å². The number of amides is 1. The Bertz CT molecular complexity index is 1030. The predicted molar refractivity (Wildman–Crippen MR) is 122 cm³/mol. The normalized spacial score (nSPS) is 24.6. The maximum atomic E-state index is 13.6. The molecule has 3 aliphatic heterocycles. The lowest BCUT2D eigenvalue weighted by molar-refractivity contribution is 0.00752. The monoisotopic (exact) mass is 418 g/mol. The molecule has 4 heterocycles. The number of nitrogens with one attached hydrogen (secondary N) is 1. The van der Waals surface area contributed by atoms with E-state index in [0.717, 1.165) is 72.1 Å². The highest BCUT2D eigenvalue weighted by molar-refractivity contribution is 5.97. The molecule has 1 unspecified atom stereocenters. The molecule has 2 saturated heterocycles. The third-order valence-corrected chi connectivity index (χ3v) is 7.28. The highest BCUT2D eigenvalue weighted by atomic mass is 16.2. The Kier molecular flexibility index (Phi) is 4.91. The van der Waals surface area contributed by atoms with Crippen molar-refractivity contribution in [2.75, 3.05) is 24.5 Å². The van der Waals surface area contributed by atoms with Crippen molar-refractivity contribution in [2.24, 2.45) is 11.0 Å². The number of nitrogens with zero attached hydrogens (tertiary/aromatic N) is 5. The van der Waals surface area contributed by atoms with E-state index in [4.69, 9.17) is 9.97 Å². The van der Waals surface area contributed by atoms with Crippen LogP contribution in [0.1, 0.15) is 57.3 Å². The molecule has 2 aromatic rings. The number of likely N-dealkylation sites (tertiary alicyclic amines) is 1. The van der Waals surface area contributed by atoms with Crippen molar-refractivity contribution in [2.45, 2.75) is 52.6 Å². The number of piperidine rings is 1. The summed E-state index contributed by atoms with van der Waals surface area (Å²) in [5, 5.41) is 4.17. The summed E-state index contributed by atoms with van der Waals surface area (Å²) < 4.78 is 0. The molecule has 0 bridgehead atoms. The van der Waals surface area contributed by atoms with E-state index < -0.39 is 0 Å². The van der Waals surface area contributed by atoms with Gasteiger partial charge in [-0.2, -0.15) is 5.10 Å². The third-order valence-electron chi connectivity index (χ3n) is 7.28. The highest BCUT2D eigenvalue weighted by Crippen LogP contribution is 2.36. The van der Waals surface area contributed by atoms with Crippen LogP contribution >= 0.6 is 0 Å². The minimum Gasteiger partial charge on any atom is -0.339 e. The summed E-state index contributed by atoms with van der Waals surface area (Å²) in [4.78, 5) is 27.4. The number of anilines is 1. The van der Waals surface area contributed by atoms with E-state index in [1.165, 1.54) is 0 Å². The molecule has 0 spiro atoms. The standard InChI is InChI=1S/C24H30N6O/c1-14-6-5-7-19(22(14)20-8-10-25-28-20)23(31)30-12-18-9-11-29(13-21(18)30)24-26-16(3)15(2)17(4)27-24/h5-7,10,18,20-21,28H,8-9,11-13H2,1-4H3/t18-,20?,21-/m1/s1. The molecule has 5 rings (SSSR count). The fourth-order valence-electron chi connectivity index (χ4n) is 5.13. The molecule has 0 radical (unpaired) electrons. The first kappa shape index (κ1) is 20.0. The lowest BCUT2D eigenvalue weighted by Gasteiger charge is -2.53. The number of benzene rings is 1. The summed E-state index contributed by atoms with van der Waals surface area (Å²) in [6.07, 6.45) is 3.77. The van der Waals surface area contributed by atoms with E-state index in [1.54, 1.807) is 0 Å². The first-order valence-electron chi connectivity index (χ1n) is 11.2. The number of hydrogen-bond acceptors (Lipinski definition) is 6. The molecule has 2 fully saturated rings. The van der Waals surface area contributed by atoms with Crippen LogP contribution in [0.3, 0.4) is 0 Å². The Morgan fingerprint density at radius 3 is 2.58 bits per heavy atom. The topological polar surface area (TPSA) is 73.7 Å². The van der Waals surface area contributed by atoms with E-state index in [1.807, 2.05) is 32.2 Å².